The Labute approximate surface area is 101 Å². The van der Waals surface area contributed by atoms with Crippen LogP contribution in [0.25, 0.3) is 0 Å². The SMILES string of the molecule is CCC(=O)c1cc(C(F)(C(F)(F)F)C(F)(F)F)[nH]n1. The van der Waals surface area contributed by atoms with E-state index in [9.17, 15) is 35.5 Å². The summed E-state index contributed by atoms with van der Waals surface area (Å²) < 4.78 is 87.6. The molecule has 108 valence electrons. The average Bonchev–Trinajstić information content (AvgIpc) is 2.73. The molecule has 0 aromatic carbocycles. The highest BCUT2D eigenvalue weighted by atomic mass is 19.4. The Bertz CT molecular complexity index is 460. The molecule has 1 heterocycles. The second-order valence-corrected chi connectivity index (χ2v) is 3.60. The smallest absolute Gasteiger partial charge is 0.292 e. The number of H-pyrrole nitrogens is 1. The fraction of sp³-hybridized carbons (Fsp3) is 0.556. The molecule has 0 aliphatic rings. The molecule has 1 aromatic rings. The van der Waals surface area contributed by atoms with Crippen molar-refractivity contribution >= 4 is 5.78 Å². The largest absolute Gasteiger partial charge is 0.437 e. The molecule has 1 aromatic heterocycles. The number of nitrogens with zero attached hydrogens (tertiary/aromatic N) is 1. The second kappa shape index (κ2) is 4.49. The monoisotopic (exact) mass is 292 g/mol. The lowest BCUT2D eigenvalue weighted by Crippen LogP contribution is -2.50. The number of aromatic amines is 1. The van der Waals surface area contributed by atoms with Crippen molar-refractivity contribution in [1.29, 1.82) is 0 Å². The maximum Gasteiger partial charge on any atom is 0.437 e. The summed E-state index contributed by atoms with van der Waals surface area (Å²) in [7, 11) is 0. The minimum absolute atomic E-state index is 0.118. The van der Waals surface area contributed by atoms with Crippen molar-refractivity contribution in [2.24, 2.45) is 0 Å². The van der Waals surface area contributed by atoms with Gasteiger partial charge in [0.2, 0.25) is 0 Å². The molecule has 0 radical (unpaired) electrons. The lowest BCUT2D eigenvalue weighted by atomic mass is 10.00. The number of rotatable bonds is 3. The minimum atomic E-state index is -6.23. The van der Waals surface area contributed by atoms with E-state index in [-0.39, 0.29) is 12.5 Å². The van der Waals surface area contributed by atoms with Gasteiger partial charge in [0.1, 0.15) is 5.69 Å². The zero-order valence-electron chi connectivity index (χ0n) is 9.29. The average molecular weight is 292 g/mol. The zero-order chi connectivity index (χ0) is 15.1. The molecule has 0 atom stereocenters. The number of halogens is 7. The van der Waals surface area contributed by atoms with E-state index >= 15 is 0 Å². The van der Waals surface area contributed by atoms with Gasteiger partial charge in [-0.05, 0) is 6.07 Å². The molecule has 3 nitrogen and oxygen atoms in total. The van der Waals surface area contributed by atoms with Gasteiger partial charge in [0, 0.05) is 6.42 Å². The van der Waals surface area contributed by atoms with Gasteiger partial charge in [-0.2, -0.15) is 31.4 Å². The van der Waals surface area contributed by atoms with Crippen LogP contribution in [0.15, 0.2) is 6.07 Å². The third kappa shape index (κ3) is 2.43. The van der Waals surface area contributed by atoms with Gasteiger partial charge in [0.15, 0.2) is 5.78 Å². The fourth-order valence-corrected chi connectivity index (χ4v) is 1.29. The van der Waals surface area contributed by atoms with Crippen LogP contribution in [-0.2, 0) is 5.67 Å². The van der Waals surface area contributed by atoms with E-state index in [2.05, 4.69) is 5.10 Å². The molecule has 0 spiro atoms. The number of aromatic nitrogens is 2. The summed E-state index contributed by atoms with van der Waals surface area (Å²) in [5, 5.41) is 4.25. The van der Waals surface area contributed by atoms with Crippen molar-refractivity contribution in [3.8, 4) is 0 Å². The number of hydrogen-bond donors (Lipinski definition) is 1. The van der Waals surface area contributed by atoms with Crippen molar-refractivity contribution < 1.29 is 35.5 Å². The first-order valence-corrected chi connectivity index (χ1v) is 4.86. The molecule has 0 unspecified atom stereocenters. The molecule has 10 heteroatoms. The van der Waals surface area contributed by atoms with Crippen LogP contribution in [0.2, 0.25) is 0 Å². The molecule has 0 aliphatic heterocycles. The van der Waals surface area contributed by atoms with Crippen LogP contribution in [0.5, 0.6) is 0 Å². The molecule has 0 aliphatic carbocycles. The van der Waals surface area contributed by atoms with Crippen molar-refractivity contribution in [2.45, 2.75) is 31.4 Å². The summed E-state index contributed by atoms with van der Waals surface area (Å²) in [4.78, 5) is 11.1. The molecular formula is C9H7F7N2O. The number of carbonyl (C=O) groups is 1. The van der Waals surface area contributed by atoms with Crippen LogP contribution >= 0.6 is 0 Å². The summed E-state index contributed by atoms with van der Waals surface area (Å²) >= 11 is 0. The van der Waals surface area contributed by atoms with E-state index in [1.807, 2.05) is 0 Å². The Morgan fingerprint density at radius 2 is 1.63 bits per heavy atom. The number of nitrogens with one attached hydrogen (secondary N) is 1. The van der Waals surface area contributed by atoms with Crippen LogP contribution in [0, 0.1) is 0 Å². The Balaban J connectivity index is 3.37. The third-order valence-corrected chi connectivity index (χ3v) is 2.34. The maximum atomic E-state index is 13.5. The van der Waals surface area contributed by atoms with Gasteiger partial charge in [-0.15, -0.1) is 0 Å². The standard InChI is InChI=1S/C9H7F7N2O/c1-2-5(19)4-3-6(18-17-4)7(10,8(11,12)13)9(14,15)16/h3H,2H2,1H3,(H,17,18). The van der Waals surface area contributed by atoms with Crippen molar-refractivity contribution in [3.63, 3.8) is 0 Å². The highest BCUT2D eigenvalue weighted by Gasteiger charge is 2.74. The fourth-order valence-electron chi connectivity index (χ4n) is 1.29. The number of carbonyl (C=O) groups excluding carboxylic acids is 1. The Hall–Kier alpha value is -1.61. The van der Waals surface area contributed by atoms with Crippen LogP contribution in [-0.4, -0.2) is 28.3 Å². The maximum absolute atomic E-state index is 13.5. The van der Waals surface area contributed by atoms with Crippen LogP contribution in [0.1, 0.15) is 29.5 Å². The Morgan fingerprint density at radius 3 is 2.00 bits per heavy atom. The van der Waals surface area contributed by atoms with Crippen molar-refractivity contribution in [3.05, 3.63) is 17.5 Å². The lowest BCUT2D eigenvalue weighted by molar-refractivity contribution is -0.350. The van der Waals surface area contributed by atoms with Crippen molar-refractivity contribution in [2.75, 3.05) is 0 Å². The first-order chi connectivity index (χ1) is 8.45. The summed E-state index contributed by atoms with van der Waals surface area (Å²) in [5.74, 6) is -0.811. The van der Waals surface area contributed by atoms with E-state index in [1.54, 1.807) is 0 Å². The van der Waals surface area contributed by atoms with E-state index in [1.165, 1.54) is 12.0 Å². The predicted octanol–water partition coefficient (Wildman–Crippen LogP) is 3.29. The first kappa shape index (κ1) is 15.4. The minimum Gasteiger partial charge on any atom is -0.292 e. The van der Waals surface area contributed by atoms with Gasteiger partial charge >= 0.3 is 18.0 Å². The molecule has 0 amide bonds. The first-order valence-electron chi connectivity index (χ1n) is 4.86. The summed E-state index contributed by atoms with van der Waals surface area (Å²) in [6.07, 6.45) is -12.7. The van der Waals surface area contributed by atoms with Crippen LogP contribution in [0.4, 0.5) is 30.7 Å². The highest BCUT2D eigenvalue weighted by Crippen LogP contribution is 2.52. The Morgan fingerprint density at radius 1 is 1.16 bits per heavy atom. The van der Waals surface area contributed by atoms with E-state index < -0.39 is 35.2 Å². The van der Waals surface area contributed by atoms with Gasteiger partial charge in [-0.3, -0.25) is 9.89 Å². The predicted molar refractivity (Wildman–Crippen MR) is 48.1 cm³/mol. The normalized spacial score (nSPS) is 13.7. The highest BCUT2D eigenvalue weighted by molar-refractivity contribution is 5.94. The van der Waals surface area contributed by atoms with Gasteiger partial charge in [-0.25, -0.2) is 4.39 Å². The lowest BCUT2D eigenvalue weighted by Gasteiger charge is -2.28. The molecule has 0 saturated carbocycles. The Kier molecular flexibility index (Phi) is 3.65. The molecule has 19 heavy (non-hydrogen) atoms. The molecular weight excluding hydrogens is 285 g/mol. The van der Waals surface area contributed by atoms with Crippen molar-refractivity contribution in [1.82, 2.24) is 10.2 Å². The van der Waals surface area contributed by atoms with E-state index in [0.717, 1.165) is 0 Å². The summed E-state index contributed by atoms with van der Waals surface area (Å²) in [6, 6.07) is 0.118. The van der Waals surface area contributed by atoms with E-state index in [4.69, 9.17) is 0 Å². The molecule has 1 rings (SSSR count). The van der Waals surface area contributed by atoms with Gasteiger partial charge < -0.3 is 0 Å². The van der Waals surface area contributed by atoms with Crippen LogP contribution in [0.3, 0.4) is 0 Å². The van der Waals surface area contributed by atoms with Gasteiger partial charge in [0.05, 0.1) is 5.69 Å². The molecule has 0 bridgehead atoms. The number of ketones is 1. The third-order valence-electron chi connectivity index (χ3n) is 2.34. The summed E-state index contributed by atoms with van der Waals surface area (Å²) in [5.41, 5.74) is -8.16. The number of hydrogen-bond acceptors (Lipinski definition) is 2. The van der Waals surface area contributed by atoms with E-state index in [0.29, 0.717) is 0 Å². The summed E-state index contributed by atoms with van der Waals surface area (Å²) in [6.45, 7) is 1.33. The quantitative estimate of drug-likeness (QED) is 0.686. The molecule has 0 saturated heterocycles. The zero-order valence-corrected chi connectivity index (χ0v) is 9.29. The van der Waals surface area contributed by atoms with Gasteiger partial charge in [0.25, 0.3) is 0 Å². The van der Waals surface area contributed by atoms with Gasteiger partial charge in [-0.1, -0.05) is 6.92 Å². The molecule has 0 fully saturated rings. The molecule has 1 N–H and O–H groups in total. The topological polar surface area (TPSA) is 45.8 Å². The number of Topliss-reactive ketones (excluding diaryl/α,β-unsaturated/α-hetero) is 1. The number of alkyl halides is 7. The van der Waals surface area contributed by atoms with Crippen LogP contribution < -0.4 is 0 Å². The second-order valence-electron chi connectivity index (χ2n) is 3.60.